The van der Waals surface area contributed by atoms with Gasteiger partial charge in [-0.2, -0.15) is 0 Å². The molecule has 0 aliphatic carbocycles. The number of aliphatic imine (C=N–C) groups is 1. The van der Waals surface area contributed by atoms with Crippen molar-refractivity contribution in [2.24, 2.45) is 4.99 Å². The predicted octanol–water partition coefficient (Wildman–Crippen LogP) is 2.03. The number of carbonyl (C=O) groups is 1. The minimum Gasteiger partial charge on any atom is -0.357 e. The van der Waals surface area contributed by atoms with Crippen molar-refractivity contribution in [2.75, 3.05) is 31.6 Å². The van der Waals surface area contributed by atoms with E-state index in [1.54, 1.807) is 4.90 Å². The van der Waals surface area contributed by atoms with Gasteiger partial charge in [0.1, 0.15) is 16.4 Å². The standard InChI is InChI=1S/C19H32N4O3S.HI/c1-5-20-19(22-16(3)12-13-27(4,25)26)21-14-18(24)23(6-2)15-17-10-8-7-9-11-17;/h7-11,16H,5-6,12-15H2,1-4H3,(H2,20,21,22);1H. The molecule has 1 unspecified atom stereocenters. The molecule has 2 N–H and O–H groups in total. The molecule has 9 heteroatoms. The van der Waals surface area contributed by atoms with Gasteiger partial charge >= 0.3 is 0 Å². The van der Waals surface area contributed by atoms with Crippen molar-refractivity contribution in [3.05, 3.63) is 35.9 Å². The lowest BCUT2D eigenvalue weighted by molar-refractivity contribution is -0.130. The normalized spacial score (nSPS) is 12.6. The van der Waals surface area contributed by atoms with Crippen LogP contribution in [0, 0.1) is 0 Å². The van der Waals surface area contributed by atoms with Crippen LogP contribution in [0.2, 0.25) is 0 Å². The fourth-order valence-electron chi connectivity index (χ4n) is 2.44. The van der Waals surface area contributed by atoms with E-state index >= 15 is 0 Å². The van der Waals surface area contributed by atoms with Gasteiger partial charge in [-0.3, -0.25) is 4.79 Å². The Morgan fingerprint density at radius 2 is 1.86 bits per heavy atom. The summed E-state index contributed by atoms with van der Waals surface area (Å²) in [6, 6.07) is 9.78. The maximum absolute atomic E-state index is 12.5. The summed E-state index contributed by atoms with van der Waals surface area (Å²) in [7, 11) is -3.00. The molecule has 0 saturated carbocycles. The lowest BCUT2D eigenvalue weighted by Gasteiger charge is -2.21. The number of nitrogens with zero attached hydrogens (tertiary/aromatic N) is 2. The molecular weight excluding hydrogens is 491 g/mol. The fraction of sp³-hybridized carbons (Fsp3) is 0.579. The summed E-state index contributed by atoms with van der Waals surface area (Å²) in [4.78, 5) is 18.6. The summed E-state index contributed by atoms with van der Waals surface area (Å²) in [6.07, 6.45) is 1.70. The Hall–Kier alpha value is -1.36. The molecule has 1 atom stereocenters. The smallest absolute Gasteiger partial charge is 0.244 e. The molecule has 0 aromatic heterocycles. The first-order chi connectivity index (χ1) is 12.7. The van der Waals surface area contributed by atoms with Crippen LogP contribution in [0.3, 0.4) is 0 Å². The molecule has 1 aromatic carbocycles. The van der Waals surface area contributed by atoms with E-state index in [-0.39, 0.29) is 48.2 Å². The Balaban J connectivity index is 0.00000729. The molecule has 160 valence electrons. The number of nitrogens with one attached hydrogen (secondary N) is 2. The minimum absolute atomic E-state index is 0. The van der Waals surface area contributed by atoms with Crippen LogP contribution >= 0.6 is 24.0 Å². The van der Waals surface area contributed by atoms with Gasteiger partial charge in [0.2, 0.25) is 5.91 Å². The maximum atomic E-state index is 12.5. The van der Waals surface area contributed by atoms with E-state index in [4.69, 9.17) is 0 Å². The zero-order chi connectivity index (χ0) is 20.3. The van der Waals surface area contributed by atoms with Gasteiger partial charge in [-0.1, -0.05) is 30.3 Å². The van der Waals surface area contributed by atoms with Crippen LogP contribution in [-0.2, 0) is 21.2 Å². The average molecular weight is 524 g/mol. The molecule has 0 heterocycles. The molecule has 0 fully saturated rings. The van der Waals surface area contributed by atoms with E-state index in [0.29, 0.717) is 32.0 Å². The molecule has 0 bridgehead atoms. The Bertz CT molecular complexity index is 711. The highest BCUT2D eigenvalue weighted by Crippen LogP contribution is 2.04. The first kappa shape index (κ1) is 26.6. The Kier molecular flexibility index (Phi) is 13.1. The molecule has 1 rings (SSSR count). The third kappa shape index (κ3) is 11.5. The van der Waals surface area contributed by atoms with Crippen LogP contribution in [0.25, 0.3) is 0 Å². The van der Waals surface area contributed by atoms with Crippen LogP contribution in [0.15, 0.2) is 35.3 Å². The van der Waals surface area contributed by atoms with Gasteiger partial charge in [-0.05, 0) is 32.8 Å². The molecule has 28 heavy (non-hydrogen) atoms. The molecule has 0 radical (unpaired) electrons. The van der Waals surface area contributed by atoms with Crippen molar-refractivity contribution in [3.8, 4) is 0 Å². The van der Waals surface area contributed by atoms with Crippen LogP contribution in [0.1, 0.15) is 32.8 Å². The lowest BCUT2D eigenvalue weighted by atomic mass is 10.2. The van der Waals surface area contributed by atoms with E-state index in [2.05, 4.69) is 15.6 Å². The molecular formula is C19H33IN4O3S. The van der Waals surface area contributed by atoms with Gasteiger partial charge in [0, 0.05) is 31.9 Å². The van der Waals surface area contributed by atoms with Crippen LogP contribution in [0.4, 0.5) is 0 Å². The first-order valence-corrected chi connectivity index (χ1v) is 11.4. The van der Waals surface area contributed by atoms with E-state index in [1.807, 2.05) is 51.1 Å². The Morgan fingerprint density at radius 3 is 2.39 bits per heavy atom. The SMILES string of the molecule is CCNC(=NCC(=O)N(CC)Cc1ccccc1)NC(C)CCS(C)(=O)=O.I. The number of hydrogen-bond acceptors (Lipinski definition) is 4. The first-order valence-electron chi connectivity index (χ1n) is 9.29. The number of likely N-dealkylation sites (N-methyl/N-ethyl adjacent to an activating group) is 1. The number of benzene rings is 1. The topological polar surface area (TPSA) is 90.9 Å². The maximum Gasteiger partial charge on any atom is 0.244 e. The van der Waals surface area contributed by atoms with Crippen LogP contribution < -0.4 is 10.6 Å². The van der Waals surface area contributed by atoms with Crippen LogP contribution in [0.5, 0.6) is 0 Å². The van der Waals surface area contributed by atoms with Crippen molar-refractivity contribution in [1.82, 2.24) is 15.5 Å². The number of rotatable bonds is 10. The fourth-order valence-corrected chi connectivity index (χ4v) is 3.22. The number of carbonyl (C=O) groups excluding carboxylic acids is 1. The number of halogens is 1. The second-order valence-corrected chi connectivity index (χ2v) is 8.81. The summed E-state index contributed by atoms with van der Waals surface area (Å²) in [5.74, 6) is 0.574. The summed E-state index contributed by atoms with van der Waals surface area (Å²) in [5, 5.41) is 6.25. The van der Waals surface area contributed by atoms with Gasteiger partial charge in [-0.25, -0.2) is 13.4 Å². The van der Waals surface area contributed by atoms with E-state index in [0.717, 1.165) is 5.56 Å². The average Bonchev–Trinajstić information content (AvgIpc) is 2.62. The molecule has 1 aromatic rings. The third-order valence-electron chi connectivity index (χ3n) is 3.97. The van der Waals surface area contributed by atoms with Gasteiger partial charge in [-0.15, -0.1) is 24.0 Å². The molecule has 7 nitrogen and oxygen atoms in total. The summed E-state index contributed by atoms with van der Waals surface area (Å²) in [6.45, 7) is 7.64. The molecule has 0 aliphatic rings. The van der Waals surface area contributed by atoms with Gasteiger partial charge in [0.15, 0.2) is 5.96 Å². The highest BCUT2D eigenvalue weighted by Gasteiger charge is 2.13. The number of guanidine groups is 1. The number of sulfone groups is 1. The summed E-state index contributed by atoms with van der Waals surface area (Å²) in [5.41, 5.74) is 1.08. The summed E-state index contributed by atoms with van der Waals surface area (Å²) >= 11 is 0. The van der Waals surface area contributed by atoms with Gasteiger partial charge in [0.25, 0.3) is 0 Å². The second kappa shape index (κ2) is 13.8. The molecule has 0 spiro atoms. The lowest BCUT2D eigenvalue weighted by Crippen LogP contribution is -2.43. The molecule has 0 saturated heterocycles. The van der Waals surface area contributed by atoms with Crippen molar-refractivity contribution in [2.45, 2.75) is 39.8 Å². The number of amides is 1. The van der Waals surface area contributed by atoms with E-state index < -0.39 is 9.84 Å². The minimum atomic E-state index is -3.00. The van der Waals surface area contributed by atoms with Gasteiger partial charge in [0.05, 0.1) is 5.75 Å². The van der Waals surface area contributed by atoms with Crippen molar-refractivity contribution < 1.29 is 13.2 Å². The van der Waals surface area contributed by atoms with E-state index in [9.17, 15) is 13.2 Å². The monoisotopic (exact) mass is 524 g/mol. The summed E-state index contributed by atoms with van der Waals surface area (Å²) < 4.78 is 22.6. The Morgan fingerprint density at radius 1 is 1.21 bits per heavy atom. The third-order valence-corrected chi connectivity index (χ3v) is 4.95. The number of hydrogen-bond donors (Lipinski definition) is 2. The van der Waals surface area contributed by atoms with E-state index in [1.165, 1.54) is 6.26 Å². The van der Waals surface area contributed by atoms with Gasteiger partial charge < -0.3 is 15.5 Å². The molecule has 0 aliphatic heterocycles. The predicted molar refractivity (Wildman–Crippen MR) is 126 cm³/mol. The zero-order valence-corrected chi connectivity index (χ0v) is 20.3. The van der Waals surface area contributed by atoms with Crippen molar-refractivity contribution >= 4 is 45.7 Å². The highest BCUT2D eigenvalue weighted by atomic mass is 127. The van der Waals surface area contributed by atoms with Crippen LogP contribution in [-0.4, -0.2) is 62.9 Å². The van der Waals surface area contributed by atoms with Crippen molar-refractivity contribution in [1.29, 1.82) is 0 Å². The van der Waals surface area contributed by atoms with Crippen molar-refractivity contribution in [3.63, 3.8) is 0 Å². The quantitative estimate of drug-likeness (QED) is 0.278. The Labute approximate surface area is 186 Å². The molecule has 1 amide bonds. The second-order valence-electron chi connectivity index (χ2n) is 6.55. The highest BCUT2D eigenvalue weighted by molar-refractivity contribution is 14.0. The largest absolute Gasteiger partial charge is 0.357 e. The zero-order valence-electron chi connectivity index (χ0n) is 17.1.